The number of rotatable bonds is 32. The first kappa shape index (κ1) is 41.4. The van der Waals surface area contributed by atoms with Crippen molar-refractivity contribution in [2.24, 2.45) is 0 Å². The van der Waals surface area contributed by atoms with E-state index in [0.717, 1.165) is 25.7 Å². The maximum atomic E-state index is 12.3. The number of nitrogens with zero attached hydrogens (tertiary/aromatic N) is 1. The lowest BCUT2D eigenvalue weighted by molar-refractivity contribution is -0.150. The van der Waals surface area contributed by atoms with E-state index in [4.69, 9.17) is 4.74 Å². The predicted octanol–water partition coefficient (Wildman–Crippen LogP) is 12.5. The van der Waals surface area contributed by atoms with E-state index in [-0.39, 0.29) is 12.1 Å². The smallest absolute Gasteiger partial charge is 0.320 e. The summed E-state index contributed by atoms with van der Waals surface area (Å²) in [5, 5.41) is 0. The van der Waals surface area contributed by atoms with Gasteiger partial charge in [-0.15, -0.1) is 0 Å². The van der Waals surface area contributed by atoms with Crippen molar-refractivity contribution in [1.29, 1.82) is 0 Å². The van der Waals surface area contributed by atoms with Crippen LogP contribution in [0.15, 0.2) is 48.6 Å². The molecule has 0 aromatic rings. The summed E-state index contributed by atoms with van der Waals surface area (Å²) in [5.74, 6) is -0.0716. The van der Waals surface area contributed by atoms with E-state index in [1.807, 2.05) is 19.0 Å². The molecule has 0 aromatic carbocycles. The van der Waals surface area contributed by atoms with Gasteiger partial charge in [0.1, 0.15) is 6.10 Å². The molecule has 0 fully saturated rings. The van der Waals surface area contributed by atoms with Crippen LogP contribution in [0.5, 0.6) is 0 Å². The second kappa shape index (κ2) is 34.9. The maximum Gasteiger partial charge on any atom is 0.320 e. The Labute approximate surface area is 269 Å². The number of hydrogen-bond donors (Lipinski definition) is 0. The summed E-state index contributed by atoms with van der Waals surface area (Å²) in [7, 11) is 3.86. The average molecular weight is 600 g/mol. The summed E-state index contributed by atoms with van der Waals surface area (Å²) in [4.78, 5) is 14.2. The molecular weight excluding hydrogens is 526 g/mol. The molecule has 0 aliphatic heterocycles. The fraction of sp³-hybridized carbons (Fsp3) is 0.775. The van der Waals surface area contributed by atoms with Crippen molar-refractivity contribution in [2.45, 2.75) is 180 Å². The van der Waals surface area contributed by atoms with Crippen molar-refractivity contribution in [2.75, 3.05) is 20.6 Å². The molecule has 3 heteroatoms. The summed E-state index contributed by atoms with van der Waals surface area (Å²) in [5.41, 5.74) is 0. The minimum absolute atomic E-state index is 0.0716. The minimum atomic E-state index is -0.0716. The fourth-order valence-electron chi connectivity index (χ4n) is 5.29. The van der Waals surface area contributed by atoms with Gasteiger partial charge >= 0.3 is 5.97 Å². The molecule has 0 aromatic heterocycles. The van der Waals surface area contributed by atoms with Gasteiger partial charge in [-0.05, 0) is 104 Å². The first-order valence-corrected chi connectivity index (χ1v) is 18.5. The molecule has 0 spiro atoms. The van der Waals surface area contributed by atoms with E-state index in [1.54, 1.807) is 0 Å². The Morgan fingerprint density at radius 2 is 0.860 bits per heavy atom. The normalized spacial score (nSPS) is 13.0. The van der Waals surface area contributed by atoms with Crippen molar-refractivity contribution in [3.05, 3.63) is 48.6 Å². The molecule has 43 heavy (non-hydrogen) atoms. The van der Waals surface area contributed by atoms with Crippen LogP contribution in [-0.2, 0) is 9.53 Å². The van der Waals surface area contributed by atoms with Crippen LogP contribution >= 0.6 is 0 Å². The average Bonchev–Trinajstić information content (AvgIpc) is 2.98. The Balaban J connectivity index is 3.91. The highest BCUT2D eigenvalue weighted by Crippen LogP contribution is 2.17. The molecule has 0 saturated carbocycles. The van der Waals surface area contributed by atoms with Crippen LogP contribution in [0.2, 0.25) is 0 Å². The van der Waals surface area contributed by atoms with Gasteiger partial charge in [0, 0.05) is 0 Å². The Kier molecular flexibility index (Phi) is 33.6. The lowest BCUT2D eigenvalue weighted by Gasteiger charge is -2.19. The molecule has 0 bridgehead atoms. The molecule has 0 radical (unpaired) electrons. The SMILES string of the molecule is CCCCC/C=C\C/C=C\CCCCCCCCC(CCCCCCC/C=C\C/C=C\CCCCC)OC(=O)CN(C)C. The van der Waals surface area contributed by atoms with Crippen molar-refractivity contribution in [3.8, 4) is 0 Å². The third-order valence-electron chi connectivity index (χ3n) is 7.95. The molecule has 1 atom stereocenters. The van der Waals surface area contributed by atoms with Gasteiger partial charge in [-0.25, -0.2) is 0 Å². The summed E-state index contributed by atoms with van der Waals surface area (Å²) in [6.45, 7) is 4.89. The van der Waals surface area contributed by atoms with E-state index < -0.39 is 0 Å². The molecule has 0 amide bonds. The lowest BCUT2D eigenvalue weighted by atomic mass is 10.0. The third-order valence-corrected chi connectivity index (χ3v) is 7.95. The highest BCUT2D eigenvalue weighted by molar-refractivity contribution is 5.71. The largest absolute Gasteiger partial charge is 0.461 e. The Morgan fingerprint density at radius 1 is 0.512 bits per heavy atom. The van der Waals surface area contributed by atoms with Crippen molar-refractivity contribution in [3.63, 3.8) is 0 Å². The minimum Gasteiger partial charge on any atom is -0.461 e. The standard InChI is InChI=1S/C40H73NO2/c1-5-7-9-11-13-15-17-19-21-23-25-27-29-31-33-35-37-39(43-40(42)38-41(3)4)36-34-32-30-28-26-24-22-20-18-16-14-12-10-8-6-2/h13-16,19-22,39H,5-12,17-18,23-38H2,1-4H3/b15-13-,16-14-,21-19-,22-20-. The van der Waals surface area contributed by atoms with Gasteiger partial charge < -0.3 is 4.74 Å². The van der Waals surface area contributed by atoms with E-state index in [0.29, 0.717) is 6.54 Å². The summed E-state index contributed by atoms with van der Waals surface area (Å²) in [6.07, 6.45) is 49.7. The van der Waals surface area contributed by atoms with Crippen LogP contribution < -0.4 is 0 Å². The second-order valence-electron chi connectivity index (χ2n) is 12.7. The molecule has 0 rings (SSSR count). The topological polar surface area (TPSA) is 29.5 Å². The lowest BCUT2D eigenvalue weighted by Crippen LogP contribution is -2.27. The fourth-order valence-corrected chi connectivity index (χ4v) is 5.29. The highest BCUT2D eigenvalue weighted by atomic mass is 16.5. The van der Waals surface area contributed by atoms with Gasteiger partial charge in [-0.1, -0.05) is 133 Å². The molecule has 3 nitrogen and oxygen atoms in total. The number of esters is 1. The van der Waals surface area contributed by atoms with E-state index in [2.05, 4.69) is 62.5 Å². The van der Waals surface area contributed by atoms with E-state index in [9.17, 15) is 4.79 Å². The van der Waals surface area contributed by atoms with Crippen LogP contribution in [0.1, 0.15) is 174 Å². The molecule has 0 N–H and O–H groups in total. The molecule has 0 aliphatic rings. The highest BCUT2D eigenvalue weighted by Gasteiger charge is 2.14. The maximum absolute atomic E-state index is 12.3. The van der Waals surface area contributed by atoms with Crippen LogP contribution in [0.3, 0.4) is 0 Å². The van der Waals surface area contributed by atoms with Gasteiger partial charge in [0.2, 0.25) is 0 Å². The monoisotopic (exact) mass is 600 g/mol. The number of allylic oxidation sites excluding steroid dienone is 8. The molecular formula is C40H73NO2. The molecule has 0 saturated heterocycles. The van der Waals surface area contributed by atoms with E-state index in [1.165, 1.54) is 135 Å². The van der Waals surface area contributed by atoms with Crippen molar-refractivity contribution in [1.82, 2.24) is 4.90 Å². The van der Waals surface area contributed by atoms with E-state index >= 15 is 0 Å². The zero-order valence-electron chi connectivity index (χ0n) is 29.3. The van der Waals surface area contributed by atoms with Gasteiger partial charge in [0.15, 0.2) is 0 Å². The van der Waals surface area contributed by atoms with Crippen LogP contribution in [-0.4, -0.2) is 37.6 Å². The second-order valence-corrected chi connectivity index (χ2v) is 12.7. The summed E-state index contributed by atoms with van der Waals surface area (Å²) in [6, 6.07) is 0. The Morgan fingerprint density at radius 3 is 1.23 bits per heavy atom. The number of hydrogen-bond acceptors (Lipinski definition) is 3. The Hall–Kier alpha value is -1.61. The van der Waals surface area contributed by atoms with Gasteiger partial charge in [0.05, 0.1) is 6.54 Å². The number of ether oxygens (including phenoxy) is 1. The molecule has 0 aliphatic carbocycles. The van der Waals surface area contributed by atoms with Crippen molar-refractivity contribution >= 4 is 5.97 Å². The number of likely N-dealkylation sites (N-methyl/N-ethyl adjacent to an activating group) is 1. The Bertz CT molecular complexity index is 691. The summed E-state index contributed by atoms with van der Waals surface area (Å²) >= 11 is 0. The van der Waals surface area contributed by atoms with Gasteiger partial charge in [-0.2, -0.15) is 0 Å². The van der Waals surface area contributed by atoms with Crippen molar-refractivity contribution < 1.29 is 9.53 Å². The zero-order chi connectivity index (χ0) is 31.5. The molecule has 250 valence electrons. The van der Waals surface area contributed by atoms with Crippen LogP contribution in [0.4, 0.5) is 0 Å². The molecule has 0 heterocycles. The van der Waals surface area contributed by atoms with Gasteiger partial charge in [0.25, 0.3) is 0 Å². The third kappa shape index (κ3) is 34.7. The van der Waals surface area contributed by atoms with Gasteiger partial charge in [-0.3, -0.25) is 9.69 Å². The first-order chi connectivity index (χ1) is 21.1. The number of unbranched alkanes of at least 4 members (excludes halogenated alkanes) is 17. The van der Waals surface area contributed by atoms with Crippen LogP contribution in [0.25, 0.3) is 0 Å². The van der Waals surface area contributed by atoms with Crippen LogP contribution in [0, 0.1) is 0 Å². The number of carbonyl (C=O) groups excluding carboxylic acids is 1. The first-order valence-electron chi connectivity index (χ1n) is 18.5. The summed E-state index contributed by atoms with van der Waals surface area (Å²) < 4.78 is 5.90. The number of carbonyl (C=O) groups is 1. The zero-order valence-corrected chi connectivity index (χ0v) is 29.3. The quantitative estimate of drug-likeness (QED) is 0.0437. The molecule has 1 unspecified atom stereocenters. The predicted molar refractivity (Wildman–Crippen MR) is 192 cm³/mol.